The Morgan fingerprint density at radius 2 is 1.68 bits per heavy atom. The molecule has 2 aromatic rings. The molecule has 0 aromatic heterocycles. The second kappa shape index (κ2) is 8.75. The summed E-state index contributed by atoms with van der Waals surface area (Å²) in [4.78, 5) is 24.2. The van der Waals surface area contributed by atoms with Crippen LogP contribution in [-0.2, 0) is 10.0 Å². The summed E-state index contributed by atoms with van der Waals surface area (Å²) in [5.41, 5.74) is 0.413. The van der Waals surface area contributed by atoms with Crippen LogP contribution in [0.2, 0.25) is 0 Å². The molecule has 28 heavy (non-hydrogen) atoms. The summed E-state index contributed by atoms with van der Waals surface area (Å²) in [6, 6.07) is 10.1. The Morgan fingerprint density at radius 3 is 2.29 bits per heavy atom. The van der Waals surface area contributed by atoms with E-state index in [0.717, 1.165) is 0 Å². The van der Waals surface area contributed by atoms with Gasteiger partial charge in [-0.3, -0.25) is 14.3 Å². The van der Waals surface area contributed by atoms with Gasteiger partial charge >= 0.3 is 0 Å². The molecule has 0 radical (unpaired) electrons. The Hall–Kier alpha value is -3.07. The number of carbonyl (C=O) groups excluding carboxylic acids is 2. The van der Waals surface area contributed by atoms with Crippen LogP contribution in [0.4, 0.5) is 5.69 Å². The van der Waals surface area contributed by atoms with Crippen molar-refractivity contribution in [2.24, 2.45) is 0 Å². The Balaban J connectivity index is 2.43. The van der Waals surface area contributed by atoms with Gasteiger partial charge in [-0.15, -0.1) is 0 Å². The summed E-state index contributed by atoms with van der Waals surface area (Å²) >= 11 is 0. The fraction of sp³-hybridized carbons (Fsp3) is 0.263. The lowest BCUT2D eigenvalue weighted by Crippen LogP contribution is -2.31. The highest BCUT2D eigenvalue weighted by molar-refractivity contribution is 7.92. The van der Waals surface area contributed by atoms with E-state index in [-0.39, 0.29) is 33.5 Å². The van der Waals surface area contributed by atoms with Crippen molar-refractivity contribution in [1.29, 1.82) is 0 Å². The number of carbonyl (C=O) groups is 2. The second-order valence-corrected chi connectivity index (χ2v) is 7.90. The first-order valence-electron chi connectivity index (χ1n) is 8.52. The van der Waals surface area contributed by atoms with Crippen molar-refractivity contribution < 1.29 is 22.7 Å². The van der Waals surface area contributed by atoms with Crippen LogP contribution in [0.25, 0.3) is 0 Å². The van der Waals surface area contributed by atoms with E-state index >= 15 is 0 Å². The van der Waals surface area contributed by atoms with Crippen LogP contribution in [-0.4, -0.2) is 40.4 Å². The van der Waals surface area contributed by atoms with Gasteiger partial charge in [-0.05, 0) is 44.2 Å². The van der Waals surface area contributed by atoms with Gasteiger partial charge in [0, 0.05) is 13.1 Å². The zero-order chi connectivity index (χ0) is 20.9. The van der Waals surface area contributed by atoms with Crippen molar-refractivity contribution in [3.8, 4) is 5.75 Å². The first-order chi connectivity index (χ1) is 13.2. The van der Waals surface area contributed by atoms with Gasteiger partial charge in [0.25, 0.3) is 21.8 Å². The Bertz CT molecular complexity index is 987. The fourth-order valence-corrected chi connectivity index (χ4v) is 3.59. The first kappa shape index (κ1) is 21.2. The quantitative estimate of drug-likeness (QED) is 0.652. The normalized spacial score (nSPS) is 11.0. The summed E-state index contributed by atoms with van der Waals surface area (Å²) < 4.78 is 33.2. The van der Waals surface area contributed by atoms with Crippen molar-refractivity contribution in [3.63, 3.8) is 0 Å². The molecule has 0 unspecified atom stereocenters. The molecule has 0 aliphatic rings. The molecular weight excluding hydrogens is 382 g/mol. The molecule has 0 fully saturated rings. The van der Waals surface area contributed by atoms with E-state index in [1.807, 2.05) is 13.8 Å². The summed E-state index contributed by atoms with van der Waals surface area (Å²) in [6.07, 6.45) is 0. The zero-order valence-electron chi connectivity index (χ0n) is 16.1. The molecule has 2 amide bonds. The predicted octanol–water partition coefficient (Wildman–Crippen LogP) is 1.99. The largest absolute Gasteiger partial charge is 0.496 e. The van der Waals surface area contributed by atoms with Crippen molar-refractivity contribution in [1.82, 2.24) is 10.6 Å². The van der Waals surface area contributed by atoms with Crippen molar-refractivity contribution in [3.05, 3.63) is 53.6 Å². The van der Waals surface area contributed by atoms with E-state index in [0.29, 0.717) is 0 Å². The number of hydrogen-bond acceptors (Lipinski definition) is 5. The lowest BCUT2D eigenvalue weighted by atomic mass is 10.1. The van der Waals surface area contributed by atoms with E-state index in [1.54, 1.807) is 12.1 Å². The molecule has 9 heteroatoms. The van der Waals surface area contributed by atoms with E-state index < -0.39 is 21.8 Å². The molecule has 0 saturated heterocycles. The Labute approximate surface area is 164 Å². The third-order valence-corrected chi connectivity index (χ3v) is 5.15. The minimum Gasteiger partial charge on any atom is -0.496 e. The average Bonchev–Trinajstić information content (AvgIpc) is 2.66. The number of nitrogens with one attached hydrogen (secondary N) is 3. The van der Waals surface area contributed by atoms with E-state index in [4.69, 9.17) is 4.74 Å². The number of amides is 2. The van der Waals surface area contributed by atoms with Crippen LogP contribution >= 0.6 is 0 Å². The van der Waals surface area contributed by atoms with Crippen molar-refractivity contribution >= 4 is 27.5 Å². The second-order valence-electron chi connectivity index (χ2n) is 6.22. The molecule has 0 saturated carbocycles. The summed E-state index contributed by atoms with van der Waals surface area (Å²) in [5, 5.41) is 5.17. The van der Waals surface area contributed by atoms with Crippen LogP contribution in [0.3, 0.4) is 0 Å². The molecule has 150 valence electrons. The molecule has 0 spiro atoms. The number of methoxy groups -OCH3 is 1. The summed E-state index contributed by atoms with van der Waals surface area (Å²) in [7, 11) is -1.23. The van der Waals surface area contributed by atoms with E-state index in [9.17, 15) is 18.0 Å². The van der Waals surface area contributed by atoms with Crippen LogP contribution in [0.5, 0.6) is 5.75 Å². The van der Waals surface area contributed by atoms with Crippen LogP contribution < -0.4 is 20.1 Å². The standard InChI is InChI=1S/C19H23N3O5S/c1-12(2)21-19(24)14-7-5-6-8-16(14)22-28(25,26)13-9-10-17(27-4)15(11-13)18(23)20-3/h5-12,22H,1-4H3,(H,20,23)(H,21,24). The van der Waals surface area contributed by atoms with Gasteiger partial charge < -0.3 is 15.4 Å². The Morgan fingerprint density at radius 1 is 1.00 bits per heavy atom. The average molecular weight is 405 g/mol. The smallest absolute Gasteiger partial charge is 0.261 e. The maximum absolute atomic E-state index is 12.8. The van der Waals surface area contributed by atoms with Gasteiger partial charge in [0.15, 0.2) is 0 Å². The van der Waals surface area contributed by atoms with Crippen molar-refractivity contribution in [2.75, 3.05) is 18.9 Å². The third-order valence-electron chi connectivity index (χ3n) is 3.79. The number of anilines is 1. The minimum atomic E-state index is -4.05. The van der Waals surface area contributed by atoms with E-state index in [2.05, 4.69) is 15.4 Å². The molecule has 2 rings (SSSR count). The summed E-state index contributed by atoms with van der Waals surface area (Å²) in [6.45, 7) is 3.62. The van der Waals surface area contributed by atoms with Gasteiger partial charge in [0.05, 0.1) is 28.8 Å². The Kier molecular flexibility index (Phi) is 6.63. The highest BCUT2D eigenvalue weighted by Gasteiger charge is 2.22. The summed E-state index contributed by atoms with van der Waals surface area (Å²) in [5.74, 6) is -0.630. The van der Waals surface area contributed by atoms with Crippen LogP contribution in [0, 0.1) is 0 Å². The number of para-hydroxylation sites is 1. The van der Waals surface area contributed by atoms with Crippen molar-refractivity contribution in [2.45, 2.75) is 24.8 Å². The molecule has 0 heterocycles. The fourth-order valence-electron chi connectivity index (χ4n) is 2.48. The number of sulfonamides is 1. The molecule has 0 aliphatic carbocycles. The number of benzene rings is 2. The van der Waals surface area contributed by atoms with E-state index in [1.165, 1.54) is 44.5 Å². The molecule has 8 nitrogen and oxygen atoms in total. The monoisotopic (exact) mass is 405 g/mol. The zero-order valence-corrected chi connectivity index (χ0v) is 16.9. The lowest BCUT2D eigenvalue weighted by molar-refractivity contribution is 0.0940. The third kappa shape index (κ3) is 4.80. The number of hydrogen-bond donors (Lipinski definition) is 3. The molecule has 3 N–H and O–H groups in total. The van der Waals surface area contributed by atoms with Gasteiger partial charge in [-0.25, -0.2) is 8.42 Å². The van der Waals surface area contributed by atoms with Gasteiger partial charge in [0.2, 0.25) is 0 Å². The highest BCUT2D eigenvalue weighted by atomic mass is 32.2. The first-order valence-corrected chi connectivity index (χ1v) is 10.0. The molecule has 2 aromatic carbocycles. The van der Waals surface area contributed by atoms with Crippen LogP contribution in [0.1, 0.15) is 34.6 Å². The maximum atomic E-state index is 12.8. The molecule has 0 bridgehead atoms. The SMILES string of the molecule is CNC(=O)c1cc(S(=O)(=O)Nc2ccccc2C(=O)NC(C)C)ccc1OC. The number of ether oxygens (including phenoxy) is 1. The molecule has 0 atom stereocenters. The molecule has 0 aliphatic heterocycles. The molecular formula is C19H23N3O5S. The minimum absolute atomic E-state index is 0.0821. The lowest BCUT2D eigenvalue weighted by Gasteiger charge is -2.15. The predicted molar refractivity (Wildman–Crippen MR) is 106 cm³/mol. The van der Waals surface area contributed by atoms with Gasteiger partial charge in [0.1, 0.15) is 5.75 Å². The topological polar surface area (TPSA) is 114 Å². The van der Waals surface area contributed by atoms with Gasteiger partial charge in [-0.2, -0.15) is 0 Å². The maximum Gasteiger partial charge on any atom is 0.261 e. The highest BCUT2D eigenvalue weighted by Crippen LogP contribution is 2.25. The van der Waals surface area contributed by atoms with Gasteiger partial charge in [-0.1, -0.05) is 12.1 Å². The van der Waals surface area contributed by atoms with Crippen LogP contribution in [0.15, 0.2) is 47.4 Å². The number of rotatable bonds is 7.